The minimum absolute atomic E-state index is 0.285. The van der Waals surface area contributed by atoms with E-state index in [1.807, 2.05) is 0 Å². The van der Waals surface area contributed by atoms with E-state index in [0.717, 1.165) is 41.7 Å². The van der Waals surface area contributed by atoms with Crippen molar-refractivity contribution in [1.29, 1.82) is 0 Å². The Bertz CT molecular complexity index is 417. The van der Waals surface area contributed by atoms with E-state index in [4.69, 9.17) is 4.74 Å². The minimum Gasteiger partial charge on any atom is -0.493 e. The highest BCUT2D eigenvalue weighted by atomic mass is 79.9. The molecule has 1 N–H and O–H groups in total. The van der Waals surface area contributed by atoms with Crippen molar-refractivity contribution in [1.82, 2.24) is 0 Å². The zero-order valence-corrected chi connectivity index (χ0v) is 12.7. The van der Waals surface area contributed by atoms with Gasteiger partial charge in [0.25, 0.3) is 0 Å². The molecule has 0 fully saturated rings. The third-order valence-corrected chi connectivity index (χ3v) is 4.11. The molecule has 2 unspecified atom stereocenters. The zero-order valence-electron chi connectivity index (χ0n) is 11.1. The van der Waals surface area contributed by atoms with Crippen LogP contribution in [0.4, 0.5) is 0 Å². The van der Waals surface area contributed by atoms with Crippen LogP contribution in [0.2, 0.25) is 0 Å². The number of halogens is 1. The van der Waals surface area contributed by atoms with Gasteiger partial charge in [-0.15, -0.1) is 0 Å². The molecule has 18 heavy (non-hydrogen) atoms. The molecule has 0 bridgehead atoms. The van der Waals surface area contributed by atoms with E-state index in [2.05, 4.69) is 41.9 Å². The SMILES string of the molecule is CCCC(C)C(O)Cc1cc(Br)cc2c1OCC2. The topological polar surface area (TPSA) is 29.5 Å². The van der Waals surface area contributed by atoms with Crippen LogP contribution in [-0.4, -0.2) is 17.8 Å². The molecule has 0 aromatic heterocycles. The Kier molecular flexibility index (Phi) is 4.68. The first kappa shape index (κ1) is 13.9. The molecule has 100 valence electrons. The average molecular weight is 313 g/mol. The Morgan fingerprint density at radius 3 is 2.94 bits per heavy atom. The van der Waals surface area contributed by atoms with E-state index in [9.17, 15) is 5.11 Å². The Labute approximate surface area is 117 Å². The van der Waals surface area contributed by atoms with Crippen molar-refractivity contribution in [3.05, 3.63) is 27.7 Å². The largest absolute Gasteiger partial charge is 0.493 e. The van der Waals surface area contributed by atoms with Gasteiger partial charge in [0.15, 0.2) is 0 Å². The van der Waals surface area contributed by atoms with Crippen LogP contribution in [0.25, 0.3) is 0 Å². The van der Waals surface area contributed by atoms with Crippen molar-refractivity contribution in [2.75, 3.05) is 6.61 Å². The monoisotopic (exact) mass is 312 g/mol. The summed E-state index contributed by atoms with van der Waals surface area (Å²) in [6.45, 7) is 5.04. The minimum atomic E-state index is -0.285. The second kappa shape index (κ2) is 6.07. The molecule has 1 aliphatic rings. The number of hydrogen-bond acceptors (Lipinski definition) is 2. The van der Waals surface area contributed by atoms with Gasteiger partial charge < -0.3 is 9.84 Å². The second-order valence-electron chi connectivity index (χ2n) is 5.19. The lowest BCUT2D eigenvalue weighted by molar-refractivity contribution is 0.111. The number of rotatable bonds is 5. The molecule has 1 aromatic rings. The average Bonchev–Trinajstić information content (AvgIpc) is 2.77. The summed E-state index contributed by atoms with van der Waals surface area (Å²) in [5.74, 6) is 1.34. The Balaban J connectivity index is 2.14. The first-order valence-corrected chi connectivity index (χ1v) is 7.53. The van der Waals surface area contributed by atoms with E-state index in [1.165, 1.54) is 5.56 Å². The molecular weight excluding hydrogens is 292 g/mol. The van der Waals surface area contributed by atoms with E-state index in [1.54, 1.807) is 0 Å². The number of hydrogen-bond donors (Lipinski definition) is 1. The third kappa shape index (κ3) is 3.07. The Morgan fingerprint density at radius 1 is 1.44 bits per heavy atom. The molecule has 0 amide bonds. The van der Waals surface area contributed by atoms with Gasteiger partial charge >= 0.3 is 0 Å². The van der Waals surface area contributed by atoms with Gasteiger partial charge in [-0.2, -0.15) is 0 Å². The molecule has 2 atom stereocenters. The van der Waals surface area contributed by atoms with Crippen molar-refractivity contribution >= 4 is 15.9 Å². The maximum Gasteiger partial charge on any atom is 0.125 e. The summed E-state index contributed by atoms with van der Waals surface area (Å²) in [5.41, 5.74) is 2.39. The first-order chi connectivity index (χ1) is 8.61. The summed E-state index contributed by atoms with van der Waals surface area (Å²) in [5, 5.41) is 10.3. The maximum absolute atomic E-state index is 10.3. The standard InChI is InChI=1S/C15H21BrO2/c1-3-4-10(2)14(17)9-12-8-13(16)7-11-5-6-18-15(11)12/h7-8,10,14,17H,3-6,9H2,1-2H3. The summed E-state index contributed by atoms with van der Waals surface area (Å²) in [4.78, 5) is 0. The number of fused-ring (bicyclic) bond motifs is 1. The molecule has 1 aliphatic heterocycles. The second-order valence-corrected chi connectivity index (χ2v) is 6.10. The molecular formula is C15H21BrO2. The predicted molar refractivity (Wildman–Crippen MR) is 77.1 cm³/mol. The van der Waals surface area contributed by atoms with E-state index in [-0.39, 0.29) is 6.10 Å². The Morgan fingerprint density at radius 2 is 2.22 bits per heavy atom. The highest BCUT2D eigenvalue weighted by molar-refractivity contribution is 9.10. The van der Waals surface area contributed by atoms with Crippen LogP contribution in [-0.2, 0) is 12.8 Å². The fourth-order valence-corrected chi connectivity index (χ4v) is 3.12. The normalized spacial score (nSPS) is 17.1. The molecule has 2 rings (SSSR count). The van der Waals surface area contributed by atoms with Gasteiger partial charge in [0, 0.05) is 17.3 Å². The highest BCUT2D eigenvalue weighted by Crippen LogP contribution is 2.34. The number of aliphatic hydroxyl groups excluding tert-OH is 1. The van der Waals surface area contributed by atoms with Crippen LogP contribution >= 0.6 is 15.9 Å². The van der Waals surface area contributed by atoms with Crippen LogP contribution in [0.3, 0.4) is 0 Å². The van der Waals surface area contributed by atoms with E-state index >= 15 is 0 Å². The summed E-state index contributed by atoms with van der Waals surface area (Å²) in [6.07, 6.45) is 3.56. The van der Waals surface area contributed by atoms with E-state index < -0.39 is 0 Å². The fourth-order valence-electron chi connectivity index (χ4n) is 2.57. The number of ether oxygens (including phenoxy) is 1. The molecule has 0 spiro atoms. The summed E-state index contributed by atoms with van der Waals surface area (Å²) >= 11 is 3.54. The predicted octanol–water partition coefficient (Wildman–Crippen LogP) is 3.72. The fraction of sp³-hybridized carbons (Fsp3) is 0.600. The molecule has 0 saturated carbocycles. The van der Waals surface area contributed by atoms with Crippen LogP contribution < -0.4 is 4.74 Å². The third-order valence-electron chi connectivity index (χ3n) is 3.66. The number of benzene rings is 1. The molecule has 1 heterocycles. The smallest absolute Gasteiger partial charge is 0.125 e. The van der Waals surface area contributed by atoms with Crippen LogP contribution in [0.15, 0.2) is 16.6 Å². The van der Waals surface area contributed by atoms with Crippen molar-refractivity contribution < 1.29 is 9.84 Å². The summed E-state index contributed by atoms with van der Waals surface area (Å²) in [7, 11) is 0. The molecule has 0 saturated heterocycles. The quantitative estimate of drug-likeness (QED) is 0.897. The lowest BCUT2D eigenvalue weighted by Gasteiger charge is -2.19. The first-order valence-electron chi connectivity index (χ1n) is 6.74. The van der Waals surface area contributed by atoms with Crippen molar-refractivity contribution in [2.24, 2.45) is 5.92 Å². The van der Waals surface area contributed by atoms with Crippen LogP contribution in [0.1, 0.15) is 37.8 Å². The van der Waals surface area contributed by atoms with Crippen molar-refractivity contribution in [2.45, 2.75) is 45.6 Å². The van der Waals surface area contributed by atoms with Gasteiger partial charge in [0.2, 0.25) is 0 Å². The van der Waals surface area contributed by atoms with Crippen molar-refractivity contribution in [3.8, 4) is 5.75 Å². The molecule has 0 radical (unpaired) electrons. The van der Waals surface area contributed by atoms with Crippen LogP contribution in [0.5, 0.6) is 5.75 Å². The van der Waals surface area contributed by atoms with Gasteiger partial charge in [-0.05, 0) is 35.6 Å². The van der Waals surface area contributed by atoms with Gasteiger partial charge in [-0.25, -0.2) is 0 Å². The highest BCUT2D eigenvalue weighted by Gasteiger charge is 2.21. The summed E-state index contributed by atoms with van der Waals surface area (Å²) in [6, 6.07) is 4.19. The lowest BCUT2D eigenvalue weighted by atomic mass is 9.93. The number of aliphatic hydroxyl groups is 1. The molecule has 3 heteroatoms. The molecule has 2 nitrogen and oxygen atoms in total. The van der Waals surface area contributed by atoms with Crippen molar-refractivity contribution in [3.63, 3.8) is 0 Å². The maximum atomic E-state index is 10.3. The van der Waals surface area contributed by atoms with E-state index in [0.29, 0.717) is 12.3 Å². The summed E-state index contributed by atoms with van der Waals surface area (Å²) < 4.78 is 6.77. The zero-order chi connectivity index (χ0) is 13.1. The van der Waals surface area contributed by atoms with Gasteiger partial charge in [-0.1, -0.05) is 36.2 Å². The van der Waals surface area contributed by atoms with Gasteiger partial charge in [0.05, 0.1) is 12.7 Å². The van der Waals surface area contributed by atoms with Crippen LogP contribution in [0, 0.1) is 5.92 Å². The van der Waals surface area contributed by atoms with Gasteiger partial charge in [0.1, 0.15) is 5.75 Å². The molecule has 1 aromatic carbocycles. The Hall–Kier alpha value is -0.540. The lowest BCUT2D eigenvalue weighted by Crippen LogP contribution is -2.20. The molecule has 0 aliphatic carbocycles. The van der Waals surface area contributed by atoms with Gasteiger partial charge in [-0.3, -0.25) is 0 Å².